The summed E-state index contributed by atoms with van der Waals surface area (Å²) < 4.78 is 6.99. The molecule has 0 saturated heterocycles. The fraction of sp³-hybridized carbons (Fsp3) is 0.176. The number of nitrogens with zero attached hydrogens (tertiary/aromatic N) is 3. The molecule has 3 aromatic rings. The summed E-state index contributed by atoms with van der Waals surface area (Å²) in [5.41, 5.74) is 14.6. The second-order valence-electron chi connectivity index (χ2n) is 5.60. The van der Waals surface area contributed by atoms with Crippen molar-refractivity contribution in [3.8, 4) is 11.4 Å². The van der Waals surface area contributed by atoms with Gasteiger partial charge in [0.15, 0.2) is 17.8 Å². The van der Waals surface area contributed by atoms with Gasteiger partial charge in [-0.05, 0) is 25.5 Å². The van der Waals surface area contributed by atoms with E-state index in [0.717, 1.165) is 11.1 Å². The summed E-state index contributed by atoms with van der Waals surface area (Å²) >= 11 is 0. The first-order valence-corrected chi connectivity index (χ1v) is 7.47. The molecule has 3 rings (SSSR count). The van der Waals surface area contributed by atoms with Gasteiger partial charge < -0.3 is 16.2 Å². The third kappa shape index (κ3) is 2.38. The number of nitrogens with two attached hydrogens (primary N) is 2. The van der Waals surface area contributed by atoms with Gasteiger partial charge >= 0.3 is 0 Å². The molecule has 4 N–H and O–H groups in total. The van der Waals surface area contributed by atoms with Crippen LogP contribution in [0.5, 0.6) is 5.75 Å². The second kappa shape index (κ2) is 5.90. The number of aldehydes is 1. The van der Waals surface area contributed by atoms with Gasteiger partial charge in [-0.25, -0.2) is 9.97 Å². The first kappa shape index (κ1) is 16.4. The van der Waals surface area contributed by atoms with E-state index >= 15 is 0 Å². The maximum absolute atomic E-state index is 11.9. The molecule has 1 amide bonds. The molecule has 0 aliphatic rings. The minimum Gasteiger partial charge on any atom is -0.496 e. The van der Waals surface area contributed by atoms with Crippen molar-refractivity contribution in [1.29, 1.82) is 0 Å². The number of nitrogen functional groups attached to an aromatic ring is 1. The van der Waals surface area contributed by atoms with Gasteiger partial charge in [0.05, 0.1) is 23.7 Å². The Labute approximate surface area is 143 Å². The van der Waals surface area contributed by atoms with Gasteiger partial charge in [0.25, 0.3) is 5.91 Å². The number of benzene rings is 1. The van der Waals surface area contributed by atoms with E-state index in [1.807, 2.05) is 26.0 Å². The van der Waals surface area contributed by atoms with Crippen LogP contribution in [0.3, 0.4) is 0 Å². The topological polar surface area (TPSA) is 126 Å². The Morgan fingerprint density at radius 2 is 2.04 bits per heavy atom. The molecule has 1 aromatic carbocycles. The standard InChI is InChI=1S/C17H17N5O3/c1-8-4-5-11(25-3)9(2)14(8)22-15(18)13(16(19)24)10-6-20-12(7-23)21-17(10)22/h4-7H,18H2,1-3H3,(H2,19,24). The first-order valence-electron chi connectivity index (χ1n) is 7.47. The minimum absolute atomic E-state index is 0.0135. The average molecular weight is 339 g/mol. The lowest BCUT2D eigenvalue weighted by Crippen LogP contribution is -2.14. The van der Waals surface area contributed by atoms with E-state index in [1.54, 1.807) is 11.7 Å². The van der Waals surface area contributed by atoms with Crippen molar-refractivity contribution in [1.82, 2.24) is 14.5 Å². The molecule has 0 radical (unpaired) electrons. The predicted molar refractivity (Wildman–Crippen MR) is 93.2 cm³/mol. The molecular weight excluding hydrogens is 322 g/mol. The molecule has 0 aliphatic heterocycles. The molecule has 8 nitrogen and oxygen atoms in total. The smallest absolute Gasteiger partial charge is 0.253 e. The zero-order valence-corrected chi connectivity index (χ0v) is 14.0. The number of fused-ring (bicyclic) bond motifs is 1. The SMILES string of the molecule is COc1ccc(C)c(-n2c(N)c(C(N)=O)c3cnc(C=O)nc32)c1C. The van der Waals surface area contributed by atoms with Crippen molar-refractivity contribution >= 4 is 29.0 Å². The quantitative estimate of drug-likeness (QED) is 0.694. The molecule has 25 heavy (non-hydrogen) atoms. The molecule has 128 valence electrons. The molecule has 0 bridgehead atoms. The van der Waals surface area contributed by atoms with E-state index in [4.69, 9.17) is 16.2 Å². The Balaban J connectivity index is 2.51. The normalized spacial score (nSPS) is 10.8. The monoisotopic (exact) mass is 339 g/mol. The molecule has 0 aliphatic carbocycles. The lowest BCUT2D eigenvalue weighted by Gasteiger charge is -2.16. The van der Waals surface area contributed by atoms with Crippen molar-refractivity contribution < 1.29 is 14.3 Å². The van der Waals surface area contributed by atoms with E-state index in [2.05, 4.69) is 9.97 Å². The first-order chi connectivity index (χ1) is 11.9. The fourth-order valence-electron chi connectivity index (χ4n) is 3.02. The Morgan fingerprint density at radius 3 is 2.64 bits per heavy atom. The Hall–Kier alpha value is -3.42. The zero-order valence-electron chi connectivity index (χ0n) is 14.0. The van der Waals surface area contributed by atoms with Gasteiger partial charge in [-0.2, -0.15) is 0 Å². The van der Waals surface area contributed by atoms with Crippen molar-refractivity contribution in [2.45, 2.75) is 13.8 Å². The van der Waals surface area contributed by atoms with Crippen LogP contribution in [0.2, 0.25) is 0 Å². The van der Waals surface area contributed by atoms with Crippen LogP contribution < -0.4 is 16.2 Å². The number of hydrogen-bond acceptors (Lipinski definition) is 6. The summed E-state index contributed by atoms with van der Waals surface area (Å²) in [6, 6.07) is 3.72. The highest BCUT2D eigenvalue weighted by molar-refractivity contribution is 6.11. The molecule has 0 fully saturated rings. The summed E-state index contributed by atoms with van der Waals surface area (Å²) in [5, 5.41) is 0.386. The summed E-state index contributed by atoms with van der Waals surface area (Å²) in [6.07, 6.45) is 1.91. The minimum atomic E-state index is -0.693. The maximum atomic E-state index is 11.9. The van der Waals surface area contributed by atoms with E-state index in [9.17, 15) is 9.59 Å². The molecule has 0 atom stereocenters. The highest BCUT2D eigenvalue weighted by Crippen LogP contribution is 2.35. The van der Waals surface area contributed by atoms with E-state index in [1.165, 1.54) is 6.20 Å². The van der Waals surface area contributed by atoms with E-state index in [0.29, 0.717) is 28.8 Å². The lowest BCUT2D eigenvalue weighted by molar-refractivity contribution is 0.100. The van der Waals surface area contributed by atoms with E-state index < -0.39 is 5.91 Å². The molecule has 2 aromatic heterocycles. The van der Waals surface area contributed by atoms with Gasteiger partial charge in [-0.15, -0.1) is 0 Å². The Morgan fingerprint density at radius 1 is 1.32 bits per heavy atom. The number of rotatable bonds is 4. The van der Waals surface area contributed by atoms with Crippen molar-refractivity contribution in [2.75, 3.05) is 12.8 Å². The van der Waals surface area contributed by atoms with Crippen LogP contribution in [0.25, 0.3) is 16.7 Å². The number of carbonyl (C=O) groups excluding carboxylic acids is 2. The number of aryl methyl sites for hydroxylation is 1. The number of primary amides is 1. The van der Waals surface area contributed by atoms with Crippen LogP contribution >= 0.6 is 0 Å². The number of hydrogen-bond donors (Lipinski definition) is 2. The van der Waals surface area contributed by atoms with Crippen LogP contribution in [-0.4, -0.2) is 33.8 Å². The third-order valence-corrected chi connectivity index (χ3v) is 4.14. The summed E-state index contributed by atoms with van der Waals surface area (Å²) in [7, 11) is 1.57. The van der Waals surface area contributed by atoms with Crippen molar-refractivity contribution in [3.63, 3.8) is 0 Å². The Bertz CT molecular complexity index is 1020. The third-order valence-electron chi connectivity index (χ3n) is 4.14. The van der Waals surface area contributed by atoms with Gasteiger partial charge in [-0.1, -0.05) is 6.07 Å². The second-order valence-corrected chi connectivity index (χ2v) is 5.60. The number of amides is 1. The average Bonchev–Trinajstić information content (AvgIpc) is 2.87. The van der Waals surface area contributed by atoms with Crippen LogP contribution in [-0.2, 0) is 0 Å². The highest BCUT2D eigenvalue weighted by Gasteiger charge is 2.24. The van der Waals surface area contributed by atoms with Gasteiger partial charge in [-0.3, -0.25) is 14.2 Å². The highest BCUT2D eigenvalue weighted by atomic mass is 16.5. The van der Waals surface area contributed by atoms with Gasteiger partial charge in [0, 0.05) is 11.8 Å². The number of anilines is 1. The fourth-order valence-corrected chi connectivity index (χ4v) is 3.02. The predicted octanol–water partition coefficient (Wildman–Crippen LogP) is 1.54. The summed E-state index contributed by atoms with van der Waals surface area (Å²) in [4.78, 5) is 31.1. The van der Waals surface area contributed by atoms with Gasteiger partial charge in [0.2, 0.25) is 0 Å². The van der Waals surface area contributed by atoms with Crippen molar-refractivity contribution in [2.24, 2.45) is 5.73 Å². The Kier molecular flexibility index (Phi) is 3.88. The molecule has 8 heteroatoms. The van der Waals surface area contributed by atoms with Gasteiger partial charge in [0.1, 0.15) is 11.6 Å². The maximum Gasteiger partial charge on any atom is 0.253 e. The molecule has 0 unspecified atom stereocenters. The molecular formula is C17H17N5O3. The molecule has 2 heterocycles. The van der Waals surface area contributed by atoms with Crippen molar-refractivity contribution in [3.05, 3.63) is 40.8 Å². The van der Waals surface area contributed by atoms with Crippen LogP contribution in [0.1, 0.15) is 32.1 Å². The summed E-state index contributed by atoms with van der Waals surface area (Å²) in [6.45, 7) is 3.77. The number of methoxy groups -OCH3 is 1. The van der Waals surface area contributed by atoms with Crippen LogP contribution in [0.15, 0.2) is 18.3 Å². The largest absolute Gasteiger partial charge is 0.496 e. The lowest BCUT2D eigenvalue weighted by atomic mass is 10.1. The van der Waals surface area contributed by atoms with Crippen LogP contribution in [0.4, 0.5) is 5.82 Å². The number of ether oxygens (including phenoxy) is 1. The molecule has 0 spiro atoms. The number of aromatic nitrogens is 3. The van der Waals surface area contributed by atoms with Crippen LogP contribution in [0, 0.1) is 13.8 Å². The zero-order chi connectivity index (χ0) is 18.3. The molecule has 0 saturated carbocycles. The summed E-state index contributed by atoms with van der Waals surface area (Å²) in [5.74, 6) is 0.0915. The van der Waals surface area contributed by atoms with E-state index in [-0.39, 0.29) is 17.2 Å². The number of carbonyl (C=O) groups is 2.